The number of hydrazine groups is 1. The number of hydrogen-bond donors (Lipinski definition) is 5. The zero-order chi connectivity index (χ0) is 26.0. The van der Waals surface area contributed by atoms with E-state index in [1.54, 1.807) is 24.3 Å². The van der Waals surface area contributed by atoms with Gasteiger partial charge in [0.1, 0.15) is 11.6 Å². The Balaban J connectivity index is 1.42. The molecule has 0 bridgehead atoms. The van der Waals surface area contributed by atoms with Crippen molar-refractivity contribution in [1.82, 2.24) is 20.4 Å². The van der Waals surface area contributed by atoms with Crippen LogP contribution in [-0.4, -0.2) is 20.1 Å². The summed E-state index contributed by atoms with van der Waals surface area (Å²) in [7, 11) is 0. The van der Waals surface area contributed by atoms with Crippen LogP contribution in [0.5, 0.6) is 0 Å². The maximum atomic E-state index is 13.2. The summed E-state index contributed by atoms with van der Waals surface area (Å²) < 4.78 is 26.4. The van der Waals surface area contributed by atoms with Gasteiger partial charge in [0.2, 0.25) is 17.8 Å². The first-order chi connectivity index (χ1) is 18.0. The van der Waals surface area contributed by atoms with Crippen LogP contribution < -0.4 is 26.8 Å². The molecule has 0 fully saturated rings. The largest absolute Gasteiger partial charge is 0.350 e. The van der Waals surface area contributed by atoms with E-state index in [4.69, 9.17) is 12.2 Å². The zero-order valence-electron chi connectivity index (χ0n) is 20.1. The van der Waals surface area contributed by atoms with E-state index in [1.165, 1.54) is 29.8 Å². The second-order valence-electron chi connectivity index (χ2n) is 8.02. The van der Waals surface area contributed by atoms with E-state index < -0.39 is 0 Å². The highest BCUT2D eigenvalue weighted by Gasteiger charge is 2.08. The fourth-order valence-electron chi connectivity index (χ4n) is 3.26. The highest BCUT2D eigenvalue weighted by Crippen LogP contribution is 2.13. The first-order valence-corrected chi connectivity index (χ1v) is 12.0. The van der Waals surface area contributed by atoms with E-state index in [0.29, 0.717) is 30.1 Å². The summed E-state index contributed by atoms with van der Waals surface area (Å²) in [5, 5.41) is 9.64. The summed E-state index contributed by atoms with van der Waals surface area (Å²) in [6.07, 6.45) is 0.957. The highest BCUT2D eigenvalue weighted by atomic mass is 32.1. The lowest BCUT2D eigenvalue weighted by atomic mass is 10.1. The van der Waals surface area contributed by atoms with Crippen molar-refractivity contribution in [2.45, 2.75) is 26.4 Å². The number of aryl methyl sites for hydroxylation is 1. The molecule has 5 N–H and O–H groups in total. The molecule has 37 heavy (non-hydrogen) atoms. The van der Waals surface area contributed by atoms with E-state index in [0.717, 1.165) is 23.2 Å². The monoisotopic (exact) mass is 520 g/mol. The Bertz CT molecular complexity index is 1250. The molecular formula is C26H26F2N8S. The fraction of sp³-hybridized carbons (Fsp3) is 0.154. The molecule has 4 rings (SSSR count). The minimum atomic E-state index is -0.306. The molecule has 0 saturated carbocycles. The maximum absolute atomic E-state index is 13.2. The number of rotatable bonds is 10. The summed E-state index contributed by atoms with van der Waals surface area (Å²) in [6, 6.07) is 20.2. The van der Waals surface area contributed by atoms with E-state index in [2.05, 4.69) is 48.7 Å². The molecule has 0 atom stereocenters. The lowest BCUT2D eigenvalue weighted by molar-refractivity contribution is 0.626. The summed E-state index contributed by atoms with van der Waals surface area (Å²) in [5.74, 6) is 0.182. The predicted molar refractivity (Wildman–Crippen MR) is 146 cm³/mol. The van der Waals surface area contributed by atoms with Gasteiger partial charge in [0, 0.05) is 18.8 Å². The van der Waals surface area contributed by atoms with Crippen LogP contribution in [0.4, 0.5) is 32.3 Å². The van der Waals surface area contributed by atoms with Gasteiger partial charge in [0.05, 0.1) is 0 Å². The van der Waals surface area contributed by atoms with Gasteiger partial charge in [-0.25, -0.2) is 8.78 Å². The van der Waals surface area contributed by atoms with E-state index in [1.807, 2.05) is 24.3 Å². The van der Waals surface area contributed by atoms with Crippen molar-refractivity contribution < 1.29 is 8.78 Å². The van der Waals surface area contributed by atoms with Gasteiger partial charge in [0.15, 0.2) is 5.11 Å². The quantitative estimate of drug-likeness (QED) is 0.142. The fourth-order valence-corrected chi connectivity index (χ4v) is 3.42. The number of anilines is 4. The Morgan fingerprint density at radius 2 is 1.14 bits per heavy atom. The highest BCUT2D eigenvalue weighted by molar-refractivity contribution is 7.80. The van der Waals surface area contributed by atoms with Crippen molar-refractivity contribution in [3.8, 4) is 0 Å². The summed E-state index contributed by atoms with van der Waals surface area (Å²) in [6.45, 7) is 2.85. The van der Waals surface area contributed by atoms with Crippen LogP contribution in [0.15, 0.2) is 72.8 Å². The molecule has 1 heterocycles. The Morgan fingerprint density at radius 3 is 1.62 bits per heavy atom. The lowest BCUT2D eigenvalue weighted by Crippen LogP contribution is -2.34. The normalized spacial score (nSPS) is 10.5. The standard InChI is InChI=1S/C26H26F2N8S/c1-2-17-7-13-22(14-8-17)31-26(37)36-35-25-33-23(29-15-18-3-9-20(27)10-4-18)32-24(34-25)30-16-19-5-11-21(28)12-6-19/h3-14H,2,15-16H2,1H3,(H2,31,36,37)(H3,29,30,32,33,34,35). The van der Waals surface area contributed by atoms with Gasteiger partial charge in [0.25, 0.3) is 0 Å². The van der Waals surface area contributed by atoms with Crippen LogP contribution in [0.1, 0.15) is 23.6 Å². The van der Waals surface area contributed by atoms with Crippen LogP contribution >= 0.6 is 12.2 Å². The summed E-state index contributed by atoms with van der Waals surface area (Å²) in [4.78, 5) is 13.2. The molecular weight excluding hydrogens is 494 g/mol. The first-order valence-electron chi connectivity index (χ1n) is 11.6. The van der Waals surface area contributed by atoms with Crippen LogP contribution in [-0.2, 0) is 19.5 Å². The molecule has 1 aromatic heterocycles. The average Bonchev–Trinajstić information content (AvgIpc) is 2.92. The van der Waals surface area contributed by atoms with E-state index in [-0.39, 0.29) is 17.6 Å². The third-order valence-corrected chi connectivity index (χ3v) is 5.48. The second kappa shape index (κ2) is 12.5. The number of thiocarbonyl (C=S) groups is 1. The molecule has 0 spiro atoms. The van der Waals surface area contributed by atoms with Gasteiger partial charge in [-0.2, -0.15) is 15.0 Å². The van der Waals surface area contributed by atoms with E-state index >= 15 is 0 Å². The minimum absolute atomic E-state index is 0.212. The predicted octanol–water partition coefficient (Wildman–Crippen LogP) is 5.25. The third-order valence-electron chi connectivity index (χ3n) is 5.27. The Hall–Kier alpha value is -4.38. The van der Waals surface area contributed by atoms with Gasteiger partial charge in [-0.15, -0.1) is 0 Å². The zero-order valence-corrected chi connectivity index (χ0v) is 20.9. The summed E-state index contributed by atoms with van der Waals surface area (Å²) >= 11 is 5.36. The number of nitrogens with one attached hydrogen (secondary N) is 5. The lowest BCUT2D eigenvalue weighted by Gasteiger charge is -2.14. The summed E-state index contributed by atoms with van der Waals surface area (Å²) in [5.41, 5.74) is 9.54. The number of nitrogens with zero attached hydrogens (tertiary/aromatic N) is 3. The number of benzene rings is 3. The van der Waals surface area contributed by atoms with Crippen molar-refractivity contribution in [2.24, 2.45) is 0 Å². The molecule has 190 valence electrons. The molecule has 0 aliphatic carbocycles. The molecule has 11 heteroatoms. The van der Waals surface area contributed by atoms with Crippen molar-refractivity contribution in [1.29, 1.82) is 0 Å². The molecule has 0 radical (unpaired) electrons. The van der Waals surface area contributed by atoms with Gasteiger partial charge < -0.3 is 16.0 Å². The average molecular weight is 521 g/mol. The van der Waals surface area contributed by atoms with Crippen LogP contribution in [0.2, 0.25) is 0 Å². The van der Waals surface area contributed by atoms with Crippen LogP contribution in [0, 0.1) is 11.6 Å². The Morgan fingerprint density at radius 1 is 0.676 bits per heavy atom. The molecule has 0 amide bonds. The van der Waals surface area contributed by atoms with Crippen molar-refractivity contribution >= 4 is 40.9 Å². The van der Waals surface area contributed by atoms with Crippen molar-refractivity contribution in [3.63, 3.8) is 0 Å². The number of hydrogen-bond acceptors (Lipinski definition) is 7. The molecule has 3 aromatic carbocycles. The van der Waals surface area contributed by atoms with Gasteiger partial charge in [-0.1, -0.05) is 43.3 Å². The third kappa shape index (κ3) is 8.07. The maximum Gasteiger partial charge on any atom is 0.248 e. The van der Waals surface area contributed by atoms with Crippen molar-refractivity contribution in [3.05, 3.63) is 101 Å². The number of aromatic nitrogens is 3. The molecule has 0 aliphatic rings. The van der Waals surface area contributed by atoms with Crippen LogP contribution in [0.3, 0.4) is 0 Å². The van der Waals surface area contributed by atoms with Crippen LogP contribution in [0.25, 0.3) is 0 Å². The Kier molecular flexibility index (Phi) is 8.71. The van der Waals surface area contributed by atoms with Crippen molar-refractivity contribution in [2.75, 3.05) is 21.4 Å². The topological polar surface area (TPSA) is 98.8 Å². The van der Waals surface area contributed by atoms with Gasteiger partial charge >= 0.3 is 0 Å². The first kappa shape index (κ1) is 25.7. The second-order valence-corrected chi connectivity index (χ2v) is 8.43. The molecule has 4 aromatic rings. The molecule has 0 aliphatic heterocycles. The van der Waals surface area contributed by atoms with Gasteiger partial charge in [-0.3, -0.25) is 10.9 Å². The van der Waals surface area contributed by atoms with Gasteiger partial charge in [-0.05, 0) is 71.7 Å². The Labute approximate surface area is 218 Å². The molecule has 0 saturated heterocycles. The number of halogens is 2. The smallest absolute Gasteiger partial charge is 0.248 e. The molecule has 0 unspecified atom stereocenters. The van der Waals surface area contributed by atoms with E-state index in [9.17, 15) is 8.78 Å². The molecule has 8 nitrogen and oxygen atoms in total. The SMILES string of the molecule is CCc1ccc(NC(=S)NNc2nc(NCc3ccc(F)cc3)nc(NCc3ccc(F)cc3)n2)cc1. The minimum Gasteiger partial charge on any atom is -0.350 e.